The van der Waals surface area contributed by atoms with Crippen molar-refractivity contribution in [3.8, 4) is 0 Å². The largest absolute Gasteiger partial charge is 0.340 e. The molecule has 0 fully saturated rings. The van der Waals surface area contributed by atoms with Crippen LogP contribution < -0.4 is 11.0 Å². The molecule has 0 radical (unpaired) electrons. The summed E-state index contributed by atoms with van der Waals surface area (Å²) in [5, 5.41) is 9.43. The monoisotopic (exact) mass is 296 g/mol. The molecular weight excluding hydrogens is 279 g/mol. The van der Waals surface area contributed by atoms with E-state index in [-0.39, 0.29) is 11.5 Å². The predicted molar refractivity (Wildman–Crippen MR) is 77.3 cm³/mol. The summed E-state index contributed by atoms with van der Waals surface area (Å²) in [5.41, 5.74) is -0.290. The van der Waals surface area contributed by atoms with Crippen molar-refractivity contribution >= 4 is 11.8 Å². The lowest BCUT2D eigenvalue weighted by molar-refractivity contribution is 0.526. The topological polar surface area (TPSA) is 73.6 Å². The number of hydrogen-bond acceptors (Lipinski definition) is 4. The van der Waals surface area contributed by atoms with Crippen molar-refractivity contribution in [3.63, 3.8) is 0 Å². The van der Waals surface area contributed by atoms with Gasteiger partial charge in [0.15, 0.2) is 0 Å². The highest BCUT2D eigenvalue weighted by molar-refractivity contribution is 7.99. The standard InChI is InChI=1S/C13H17FN4OS/c1-9(15-8-12-16-13(19)18-17-12)6-7-20-11-4-2-10(14)3-5-11/h2-5,9,15H,6-8H2,1H3,(H2,16,17,18,19). The van der Waals surface area contributed by atoms with Crippen LogP contribution in [0.4, 0.5) is 4.39 Å². The molecule has 0 aliphatic carbocycles. The summed E-state index contributed by atoms with van der Waals surface area (Å²) in [7, 11) is 0. The Morgan fingerprint density at radius 3 is 2.80 bits per heavy atom. The zero-order chi connectivity index (χ0) is 14.4. The van der Waals surface area contributed by atoms with Gasteiger partial charge in [-0.25, -0.2) is 14.3 Å². The molecule has 2 aromatic rings. The van der Waals surface area contributed by atoms with Crippen molar-refractivity contribution in [1.29, 1.82) is 0 Å². The number of nitrogens with zero attached hydrogens (tertiary/aromatic N) is 1. The molecule has 3 N–H and O–H groups in total. The molecule has 0 spiro atoms. The van der Waals surface area contributed by atoms with Gasteiger partial charge in [0.2, 0.25) is 0 Å². The first kappa shape index (κ1) is 14.8. The average Bonchev–Trinajstić information content (AvgIpc) is 2.85. The van der Waals surface area contributed by atoms with Gasteiger partial charge in [-0.05, 0) is 43.4 Å². The van der Waals surface area contributed by atoms with Crippen LogP contribution in [0.5, 0.6) is 0 Å². The van der Waals surface area contributed by atoms with Crippen molar-refractivity contribution in [2.75, 3.05) is 5.75 Å². The van der Waals surface area contributed by atoms with E-state index >= 15 is 0 Å². The molecule has 1 aromatic carbocycles. The Morgan fingerprint density at radius 1 is 1.40 bits per heavy atom. The van der Waals surface area contributed by atoms with Gasteiger partial charge in [0.25, 0.3) is 0 Å². The molecule has 20 heavy (non-hydrogen) atoms. The lowest BCUT2D eigenvalue weighted by Crippen LogP contribution is -2.26. The Morgan fingerprint density at radius 2 is 2.15 bits per heavy atom. The quantitative estimate of drug-likeness (QED) is 0.682. The lowest BCUT2D eigenvalue weighted by Gasteiger charge is -2.12. The summed E-state index contributed by atoms with van der Waals surface area (Å²) in [6.45, 7) is 2.61. The van der Waals surface area contributed by atoms with E-state index in [0.29, 0.717) is 18.4 Å². The van der Waals surface area contributed by atoms with Crippen LogP contribution in [-0.2, 0) is 6.54 Å². The predicted octanol–water partition coefficient (Wildman–Crippen LogP) is 1.90. The van der Waals surface area contributed by atoms with Gasteiger partial charge in [-0.2, -0.15) is 5.10 Å². The Kier molecular flexibility index (Phi) is 5.37. The van der Waals surface area contributed by atoms with E-state index in [4.69, 9.17) is 0 Å². The molecule has 0 aliphatic rings. The maximum absolute atomic E-state index is 12.7. The second kappa shape index (κ2) is 7.25. The van der Waals surface area contributed by atoms with Crippen LogP contribution in [0.3, 0.4) is 0 Å². The Balaban J connectivity index is 1.66. The first-order valence-corrected chi connectivity index (χ1v) is 7.37. The summed E-state index contributed by atoms with van der Waals surface area (Å²) < 4.78 is 12.7. The van der Waals surface area contributed by atoms with Crippen LogP contribution in [0.2, 0.25) is 0 Å². The molecule has 1 heterocycles. The third-order valence-electron chi connectivity index (χ3n) is 2.80. The van der Waals surface area contributed by atoms with Crippen molar-refractivity contribution in [2.24, 2.45) is 0 Å². The smallest absolute Gasteiger partial charge is 0.307 e. The van der Waals surface area contributed by atoms with E-state index < -0.39 is 0 Å². The number of nitrogens with one attached hydrogen (secondary N) is 3. The van der Waals surface area contributed by atoms with Crippen LogP contribution in [0, 0.1) is 5.82 Å². The molecule has 0 bridgehead atoms. The molecule has 2 rings (SSSR count). The number of benzene rings is 1. The maximum Gasteiger partial charge on any atom is 0.340 e. The summed E-state index contributed by atoms with van der Waals surface area (Å²) in [4.78, 5) is 14.5. The van der Waals surface area contributed by atoms with Crippen molar-refractivity contribution in [1.82, 2.24) is 20.5 Å². The fourth-order valence-corrected chi connectivity index (χ4v) is 2.68. The van der Waals surface area contributed by atoms with Gasteiger partial charge in [-0.15, -0.1) is 11.8 Å². The molecule has 1 aromatic heterocycles. The van der Waals surface area contributed by atoms with Crippen molar-refractivity contribution in [2.45, 2.75) is 30.8 Å². The molecule has 0 aliphatic heterocycles. The highest BCUT2D eigenvalue weighted by Crippen LogP contribution is 2.19. The minimum Gasteiger partial charge on any atom is -0.307 e. The van der Waals surface area contributed by atoms with Gasteiger partial charge < -0.3 is 5.32 Å². The van der Waals surface area contributed by atoms with Gasteiger partial charge in [0, 0.05) is 10.9 Å². The molecule has 0 saturated carbocycles. The van der Waals surface area contributed by atoms with E-state index in [1.807, 2.05) is 0 Å². The minimum atomic E-state index is -0.290. The highest BCUT2D eigenvalue weighted by Gasteiger charge is 2.04. The van der Waals surface area contributed by atoms with Gasteiger partial charge in [0.1, 0.15) is 11.6 Å². The third kappa shape index (κ3) is 4.82. The summed E-state index contributed by atoms with van der Waals surface area (Å²) in [6, 6.07) is 6.82. The fourth-order valence-electron chi connectivity index (χ4n) is 1.65. The van der Waals surface area contributed by atoms with Gasteiger partial charge >= 0.3 is 5.69 Å². The van der Waals surface area contributed by atoms with Crippen LogP contribution >= 0.6 is 11.8 Å². The van der Waals surface area contributed by atoms with Gasteiger partial charge in [-0.1, -0.05) is 0 Å². The number of hydrogen-bond donors (Lipinski definition) is 3. The molecule has 1 unspecified atom stereocenters. The van der Waals surface area contributed by atoms with Crippen LogP contribution in [0.15, 0.2) is 34.0 Å². The summed E-state index contributed by atoms with van der Waals surface area (Å²) in [5.74, 6) is 1.34. The van der Waals surface area contributed by atoms with E-state index in [2.05, 4.69) is 27.4 Å². The minimum absolute atomic E-state index is 0.211. The number of aromatic nitrogens is 3. The zero-order valence-corrected chi connectivity index (χ0v) is 12.0. The average molecular weight is 296 g/mol. The van der Waals surface area contributed by atoms with Crippen LogP contribution in [-0.4, -0.2) is 27.0 Å². The number of rotatable bonds is 7. The Labute approximate surface area is 120 Å². The zero-order valence-electron chi connectivity index (χ0n) is 11.1. The molecule has 0 saturated heterocycles. The SMILES string of the molecule is CC(CCSc1ccc(F)cc1)NCc1n[nH]c(=O)[nH]1. The van der Waals surface area contributed by atoms with E-state index in [1.165, 1.54) is 12.1 Å². The Hall–Kier alpha value is -1.60. The number of halogens is 1. The van der Waals surface area contributed by atoms with E-state index in [1.54, 1.807) is 23.9 Å². The maximum atomic E-state index is 12.7. The third-order valence-corrected chi connectivity index (χ3v) is 3.85. The van der Waals surface area contributed by atoms with Crippen LogP contribution in [0.25, 0.3) is 0 Å². The van der Waals surface area contributed by atoms with Gasteiger partial charge in [0.05, 0.1) is 6.54 Å². The number of H-pyrrole nitrogens is 2. The first-order chi connectivity index (χ1) is 9.63. The molecule has 0 amide bonds. The van der Waals surface area contributed by atoms with Gasteiger partial charge in [-0.3, -0.25) is 4.98 Å². The number of thioether (sulfide) groups is 1. The fraction of sp³-hybridized carbons (Fsp3) is 0.385. The number of aromatic amines is 2. The van der Waals surface area contributed by atoms with E-state index in [0.717, 1.165) is 17.1 Å². The molecule has 1 atom stereocenters. The first-order valence-electron chi connectivity index (χ1n) is 6.39. The van der Waals surface area contributed by atoms with Crippen LogP contribution in [0.1, 0.15) is 19.2 Å². The normalized spacial score (nSPS) is 12.5. The van der Waals surface area contributed by atoms with Crippen molar-refractivity contribution < 1.29 is 4.39 Å². The second-order valence-electron chi connectivity index (χ2n) is 4.50. The molecule has 7 heteroatoms. The summed E-state index contributed by atoms with van der Waals surface area (Å²) >= 11 is 1.70. The molecular formula is C13H17FN4OS. The highest BCUT2D eigenvalue weighted by atomic mass is 32.2. The molecule has 108 valence electrons. The van der Waals surface area contributed by atoms with E-state index in [9.17, 15) is 9.18 Å². The summed E-state index contributed by atoms with van der Waals surface area (Å²) in [6.07, 6.45) is 0.969. The lowest BCUT2D eigenvalue weighted by atomic mass is 10.2. The second-order valence-corrected chi connectivity index (χ2v) is 5.67. The molecule has 5 nitrogen and oxygen atoms in total. The Bertz CT molecular complexity index is 581. The van der Waals surface area contributed by atoms with Crippen molar-refractivity contribution in [3.05, 3.63) is 46.4 Å².